The molecule has 0 radical (unpaired) electrons. The van der Waals surface area contributed by atoms with Gasteiger partial charge in [-0.1, -0.05) is 20.3 Å². The third-order valence-corrected chi connectivity index (χ3v) is 4.27. The lowest BCUT2D eigenvalue weighted by Crippen LogP contribution is -2.46. The first kappa shape index (κ1) is 20.2. The summed E-state index contributed by atoms with van der Waals surface area (Å²) in [6.45, 7) is 14.3. The van der Waals surface area contributed by atoms with E-state index in [0.717, 1.165) is 19.4 Å². The summed E-state index contributed by atoms with van der Waals surface area (Å²) in [5.41, 5.74) is -0.442. The van der Waals surface area contributed by atoms with Crippen molar-refractivity contribution in [1.82, 2.24) is 15.5 Å². The molecule has 136 valence electrons. The average Bonchev–Trinajstić information content (AvgIpc) is 2.68. The molecule has 0 spiro atoms. The fraction of sp³-hybridized carbons (Fsp3) is 0.944. The Balaban J connectivity index is 2.40. The molecule has 0 aromatic carbocycles. The van der Waals surface area contributed by atoms with Crippen molar-refractivity contribution in [2.45, 2.75) is 84.4 Å². The SMILES string of the molecule is CCCC(CNC(=O)OC(C)(C)C)NC1CCCN(CC)CC1. The second-order valence-corrected chi connectivity index (χ2v) is 7.60. The summed E-state index contributed by atoms with van der Waals surface area (Å²) in [7, 11) is 0. The first-order chi connectivity index (χ1) is 10.8. The van der Waals surface area contributed by atoms with Crippen LogP contribution in [0.2, 0.25) is 0 Å². The van der Waals surface area contributed by atoms with Crippen molar-refractivity contribution < 1.29 is 9.53 Å². The van der Waals surface area contributed by atoms with Gasteiger partial charge in [0.2, 0.25) is 0 Å². The van der Waals surface area contributed by atoms with Crippen LogP contribution in [0.5, 0.6) is 0 Å². The summed E-state index contributed by atoms with van der Waals surface area (Å²) in [5, 5.41) is 6.68. The Hall–Kier alpha value is -0.810. The number of ether oxygens (including phenoxy) is 1. The number of nitrogens with zero attached hydrogens (tertiary/aromatic N) is 1. The van der Waals surface area contributed by atoms with Crippen molar-refractivity contribution in [3.8, 4) is 0 Å². The molecule has 1 fully saturated rings. The first-order valence-electron chi connectivity index (χ1n) is 9.29. The van der Waals surface area contributed by atoms with Gasteiger partial charge in [0.05, 0.1) is 0 Å². The zero-order valence-electron chi connectivity index (χ0n) is 15.8. The average molecular weight is 328 g/mol. The molecule has 1 amide bonds. The molecule has 0 saturated carbocycles. The van der Waals surface area contributed by atoms with E-state index in [0.29, 0.717) is 18.6 Å². The highest BCUT2D eigenvalue weighted by molar-refractivity contribution is 5.67. The van der Waals surface area contributed by atoms with Crippen molar-refractivity contribution in [1.29, 1.82) is 0 Å². The summed E-state index contributed by atoms with van der Waals surface area (Å²) >= 11 is 0. The zero-order valence-corrected chi connectivity index (χ0v) is 15.8. The van der Waals surface area contributed by atoms with Gasteiger partial charge in [-0.2, -0.15) is 0 Å². The molecule has 1 aliphatic heterocycles. The molecule has 0 aromatic heterocycles. The van der Waals surface area contributed by atoms with Gasteiger partial charge < -0.3 is 20.3 Å². The minimum absolute atomic E-state index is 0.321. The number of hydrogen-bond donors (Lipinski definition) is 2. The van der Waals surface area contributed by atoms with E-state index in [9.17, 15) is 4.79 Å². The standard InChI is InChI=1S/C18H37N3O2/c1-6-9-16(14-19-17(22)23-18(3,4)5)20-15-10-8-12-21(7-2)13-11-15/h15-16,20H,6-14H2,1-5H3,(H,19,22). The van der Waals surface area contributed by atoms with Gasteiger partial charge >= 0.3 is 6.09 Å². The minimum atomic E-state index is -0.442. The van der Waals surface area contributed by atoms with Crippen molar-refractivity contribution in [2.24, 2.45) is 0 Å². The Morgan fingerprint density at radius 2 is 2.00 bits per heavy atom. The molecule has 1 rings (SSSR count). The highest BCUT2D eigenvalue weighted by atomic mass is 16.6. The lowest BCUT2D eigenvalue weighted by atomic mass is 10.1. The number of nitrogens with one attached hydrogen (secondary N) is 2. The smallest absolute Gasteiger partial charge is 0.407 e. The number of rotatable bonds is 7. The number of hydrogen-bond acceptors (Lipinski definition) is 4. The van der Waals surface area contributed by atoms with Gasteiger partial charge in [0.15, 0.2) is 0 Å². The summed E-state index contributed by atoms with van der Waals surface area (Å²) in [6.07, 6.45) is 5.54. The molecule has 5 nitrogen and oxygen atoms in total. The number of carbonyl (C=O) groups excluding carboxylic acids is 1. The molecule has 0 aromatic rings. The van der Waals surface area contributed by atoms with E-state index in [1.54, 1.807) is 0 Å². The van der Waals surface area contributed by atoms with Gasteiger partial charge in [0, 0.05) is 18.6 Å². The quantitative estimate of drug-likeness (QED) is 0.754. The zero-order chi connectivity index (χ0) is 17.3. The third kappa shape index (κ3) is 9.16. The van der Waals surface area contributed by atoms with Crippen molar-refractivity contribution in [2.75, 3.05) is 26.2 Å². The van der Waals surface area contributed by atoms with E-state index < -0.39 is 5.60 Å². The molecule has 1 heterocycles. The summed E-state index contributed by atoms with van der Waals surface area (Å²) in [6, 6.07) is 0.884. The highest BCUT2D eigenvalue weighted by Crippen LogP contribution is 2.12. The van der Waals surface area contributed by atoms with Crippen molar-refractivity contribution in [3.63, 3.8) is 0 Å². The Labute approximate surface area is 142 Å². The molecule has 2 unspecified atom stereocenters. The predicted molar refractivity (Wildman–Crippen MR) is 95.8 cm³/mol. The van der Waals surface area contributed by atoms with E-state index in [-0.39, 0.29) is 6.09 Å². The monoisotopic (exact) mass is 327 g/mol. The van der Waals surface area contributed by atoms with Crippen LogP contribution >= 0.6 is 0 Å². The Morgan fingerprint density at radius 1 is 1.26 bits per heavy atom. The van der Waals surface area contributed by atoms with E-state index in [1.165, 1.54) is 32.4 Å². The minimum Gasteiger partial charge on any atom is -0.444 e. The lowest BCUT2D eigenvalue weighted by molar-refractivity contribution is 0.0520. The molecular formula is C18H37N3O2. The fourth-order valence-electron chi connectivity index (χ4n) is 3.09. The van der Waals surface area contributed by atoms with Crippen LogP contribution < -0.4 is 10.6 Å². The van der Waals surface area contributed by atoms with E-state index >= 15 is 0 Å². The maximum Gasteiger partial charge on any atom is 0.407 e. The largest absolute Gasteiger partial charge is 0.444 e. The normalized spacial score (nSPS) is 21.5. The Morgan fingerprint density at radius 3 is 2.61 bits per heavy atom. The van der Waals surface area contributed by atoms with Crippen molar-refractivity contribution in [3.05, 3.63) is 0 Å². The topological polar surface area (TPSA) is 53.6 Å². The first-order valence-corrected chi connectivity index (χ1v) is 9.29. The van der Waals surface area contributed by atoms with Crippen LogP contribution in [0.1, 0.15) is 66.7 Å². The van der Waals surface area contributed by atoms with Crippen LogP contribution in [0.3, 0.4) is 0 Å². The molecule has 0 bridgehead atoms. The van der Waals surface area contributed by atoms with Gasteiger partial charge in [0.25, 0.3) is 0 Å². The second-order valence-electron chi connectivity index (χ2n) is 7.60. The Bertz CT molecular complexity index is 342. The van der Waals surface area contributed by atoms with Gasteiger partial charge in [-0.15, -0.1) is 0 Å². The van der Waals surface area contributed by atoms with Gasteiger partial charge in [0.1, 0.15) is 5.60 Å². The van der Waals surface area contributed by atoms with Gasteiger partial charge in [-0.25, -0.2) is 4.79 Å². The second kappa shape index (κ2) is 10.1. The summed E-state index contributed by atoms with van der Waals surface area (Å²) < 4.78 is 5.32. The molecule has 2 N–H and O–H groups in total. The molecule has 2 atom stereocenters. The number of carbonyl (C=O) groups is 1. The summed E-state index contributed by atoms with van der Waals surface area (Å²) in [4.78, 5) is 14.4. The highest BCUT2D eigenvalue weighted by Gasteiger charge is 2.21. The lowest BCUT2D eigenvalue weighted by Gasteiger charge is -2.26. The molecule has 5 heteroatoms. The third-order valence-electron chi connectivity index (χ3n) is 4.27. The van der Waals surface area contributed by atoms with Crippen LogP contribution in [0.15, 0.2) is 0 Å². The van der Waals surface area contributed by atoms with Crippen LogP contribution in [-0.2, 0) is 4.74 Å². The number of amides is 1. The van der Waals surface area contributed by atoms with Crippen LogP contribution in [-0.4, -0.2) is 54.9 Å². The number of alkyl carbamates (subject to hydrolysis) is 1. The fourth-order valence-corrected chi connectivity index (χ4v) is 3.09. The molecule has 0 aliphatic carbocycles. The van der Waals surface area contributed by atoms with Crippen LogP contribution in [0.4, 0.5) is 4.79 Å². The van der Waals surface area contributed by atoms with Crippen LogP contribution in [0.25, 0.3) is 0 Å². The van der Waals surface area contributed by atoms with E-state index in [4.69, 9.17) is 4.74 Å². The number of likely N-dealkylation sites (tertiary alicyclic amines) is 1. The predicted octanol–water partition coefficient (Wildman–Crippen LogP) is 3.14. The van der Waals surface area contributed by atoms with Gasteiger partial charge in [-0.3, -0.25) is 0 Å². The molecule has 1 aliphatic rings. The van der Waals surface area contributed by atoms with Crippen LogP contribution in [0, 0.1) is 0 Å². The Kier molecular flexibility index (Phi) is 8.92. The van der Waals surface area contributed by atoms with E-state index in [1.807, 2.05) is 20.8 Å². The molecular weight excluding hydrogens is 290 g/mol. The maximum atomic E-state index is 11.8. The maximum absolute atomic E-state index is 11.8. The van der Waals surface area contributed by atoms with E-state index in [2.05, 4.69) is 29.4 Å². The molecule has 23 heavy (non-hydrogen) atoms. The molecule has 1 saturated heterocycles. The summed E-state index contributed by atoms with van der Waals surface area (Å²) in [5.74, 6) is 0. The van der Waals surface area contributed by atoms with Crippen molar-refractivity contribution >= 4 is 6.09 Å². The van der Waals surface area contributed by atoms with Gasteiger partial charge in [-0.05, 0) is 66.1 Å².